The summed E-state index contributed by atoms with van der Waals surface area (Å²) in [5.41, 5.74) is -0.567. The molecule has 106 valence electrons. The average molecular weight is 289 g/mol. The molecule has 0 aliphatic rings. The summed E-state index contributed by atoms with van der Waals surface area (Å²) in [6.45, 7) is 1.94. The van der Waals surface area contributed by atoms with Crippen molar-refractivity contribution in [3.05, 3.63) is 27.8 Å². The van der Waals surface area contributed by atoms with Gasteiger partial charge in [0, 0.05) is 6.07 Å². The molecule has 8 heteroatoms. The van der Waals surface area contributed by atoms with Gasteiger partial charge in [0.25, 0.3) is 15.8 Å². The van der Waals surface area contributed by atoms with E-state index in [9.17, 15) is 23.6 Å². The lowest BCUT2D eigenvalue weighted by Gasteiger charge is -2.08. The fourth-order valence-corrected chi connectivity index (χ4v) is 2.60. The van der Waals surface area contributed by atoms with Crippen molar-refractivity contribution in [2.24, 2.45) is 0 Å². The van der Waals surface area contributed by atoms with Gasteiger partial charge in [-0.1, -0.05) is 19.8 Å². The predicted molar refractivity (Wildman–Crippen MR) is 67.8 cm³/mol. The van der Waals surface area contributed by atoms with E-state index in [2.05, 4.69) is 0 Å². The minimum Gasteiger partial charge on any atom is -0.508 e. The Bertz CT molecular complexity index is 581. The number of hydrogen-bond donors (Lipinski definition) is 2. The van der Waals surface area contributed by atoms with Gasteiger partial charge in [-0.3, -0.25) is 14.7 Å². The van der Waals surface area contributed by atoms with E-state index in [-0.39, 0.29) is 12.0 Å². The highest BCUT2D eigenvalue weighted by Gasteiger charge is 2.25. The highest BCUT2D eigenvalue weighted by molar-refractivity contribution is 7.85. The van der Waals surface area contributed by atoms with Gasteiger partial charge in [-0.2, -0.15) is 8.42 Å². The number of nitro groups is 1. The summed E-state index contributed by atoms with van der Waals surface area (Å²) in [6.07, 6.45) is 2.36. The molecule has 7 nitrogen and oxygen atoms in total. The Labute approximate surface area is 110 Å². The summed E-state index contributed by atoms with van der Waals surface area (Å²) >= 11 is 0. The second-order valence-corrected chi connectivity index (χ2v) is 5.52. The molecule has 1 aromatic rings. The summed E-state index contributed by atoms with van der Waals surface area (Å²) in [6, 6.07) is 1.71. The molecule has 0 saturated carbocycles. The van der Waals surface area contributed by atoms with Crippen LogP contribution in [0.15, 0.2) is 17.0 Å². The monoisotopic (exact) mass is 289 g/mol. The summed E-state index contributed by atoms with van der Waals surface area (Å²) < 4.78 is 31.6. The van der Waals surface area contributed by atoms with Gasteiger partial charge in [-0.15, -0.1) is 0 Å². The molecule has 0 aliphatic heterocycles. The molecular weight excluding hydrogens is 274 g/mol. The average Bonchev–Trinajstić information content (AvgIpc) is 2.29. The van der Waals surface area contributed by atoms with Crippen molar-refractivity contribution in [2.75, 3.05) is 0 Å². The van der Waals surface area contributed by atoms with Crippen LogP contribution >= 0.6 is 0 Å². The molecular formula is C11H15NO6S. The normalized spacial score (nSPS) is 11.5. The van der Waals surface area contributed by atoms with Crippen LogP contribution in [0.3, 0.4) is 0 Å². The summed E-state index contributed by atoms with van der Waals surface area (Å²) in [4.78, 5) is 9.53. The predicted octanol–water partition coefficient (Wildman–Crippen LogP) is 2.28. The molecule has 1 aromatic carbocycles. The molecule has 2 N–H and O–H groups in total. The number of unbranched alkanes of at least 4 members (excludes halogenated alkanes) is 2. The van der Waals surface area contributed by atoms with Crippen LogP contribution in [0.1, 0.15) is 31.7 Å². The molecule has 0 unspecified atom stereocenters. The van der Waals surface area contributed by atoms with Gasteiger partial charge in [0.1, 0.15) is 10.6 Å². The van der Waals surface area contributed by atoms with Crippen LogP contribution in [0.5, 0.6) is 5.75 Å². The minimum absolute atomic E-state index is 0.0706. The number of hydrogen-bond acceptors (Lipinski definition) is 5. The van der Waals surface area contributed by atoms with Crippen LogP contribution in [-0.2, 0) is 16.5 Å². The van der Waals surface area contributed by atoms with Crippen LogP contribution in [0.2, 0.25) is 0 Å². The smallest absolute Gasteiger partial charge is 0.295 e. The number of benzene rings is 1. The number of aromatic hydroxyl groups is 1. The molecule has 0 amide bonds. The van der Waals surface area contributed by atoms with Crippen molar-refractivity contribution in [3.8, 4) is 5.75 Å². The Kier molecular flexibility index (Phi) is 4.84. The Hall–Kier alpha value is -1.67. The third kappa shape index (κ3) is 3.90. The Morgan fingerprint density at radius 2 is 1.95 bits per heavy atom. The van der Waals surface area contributed by atoms with Gasteiger partial charge < -0.3 is 5.11 Å². The van der Waals surface area contributed by atoms with Crippen LogP contribution < -0.4 is 0 Å². The van der Waals surface area contributed by atoms with Crippen molar-refractivity contribution >= 4 is 15.8 Å². The van der Waals surface area contributed by atoms with E-state index in [0.717, 1.165) is 25.0 Å². The number of nitrogens with zero attached hydrogens (tertiary/aromatic N) is 1. The number of nitro benzene ring substituents is 1. The molecule has 0 aliphatic carbocycles. The first kappa shape index (κ1) is 15.4. The Morgan fingerprint density at radius 1 is 1.32 bits per heavy atom. The molecule has 0 fully saturated rings. The van der Waals surface area contributed by atoms with E-state index in [0.29, 0.717) is 6.42 Å². The van der Waals surface area contributed by atoms with Crippen molar-refractivity contribution in [2.45, 2.75) is 37.5 Å². The Morgan fingerprint density at radius 3 is 2.42 bits per heavy atom. The summed E-state index contributed by atoms with van der Waals surface area (Å²) in [5, 5.41) is 20.2. The molecule has 0 radical (unpaired) electrons. The Balaban J connectivity index is 3.39. The largest absolute Gasteiger partial charge is 0.508 e. The van der Waals surface area contributed by atoms with Gasteiger partial charge in [-0.05, 0) is 12.8 Å². The van der Waals surface area contributed by atoms with Crippen LogP contribution in [0, 0.1) is 10.1 Å². The standard InChI is InChI=1S/C11H15NO6S/c1-2-3-4-5-9-10(12(14)15)6-8(13)7-11(9)19(16,17)18/h6-7,13H,2-5H2,1H3,(H,16,17,18). The third-order valence-corrected chi connectivity index (χ3v) is 3.60. The maximum Gasteiger partial charge on any atom is 0.295 e. The van der Waals surface area contributed by atoms with E-state index in [1.807, 2.05) is 6.92 Å². The van der Waals surface area contributed by atoms with Gasteiger partial charge in [0.15, 0.2) is 0 Å². The molecule has 0 bridgehead atoms. The fourth-order valence-electron chi connectivity index (χ4n) is 1.81. The van der Waals surface area contributed by atoms with E-state index in [1.165, 1.54) is 0 Å². The molecule has 0 saturated heterocycles. The quantitative estimate of drug-likeness (QED) is 0.359. The van der Waals surface area contributed by atoms with E-state index < -0.39 is 31.4 Å². The second-order valence-electron chi connectivity index (χ2n) is 4.13. The van der Waals surface area contributed by atoms with Crippen molar-refractivity contribution in [3.63, 3.8) is 0 Å². The van der Waals surface area contributed by atoms with Gasteiger partial charge in [-0.25, -0.2) is 0 Å². The highest BCUT2D eigenvalue weighted by atomic mass is 32.2. The van der Waals surface area contributed by atoms with E-state index in [4.69, 9.17) is 4.55 Å². The van der Waals surface area contributed by atoms with E-state index in [1.54, 1.807) is 0 Å². The first-order valence-electron chi connectivity index (χ1n) is 5.75. The lowest BCUT2D eigenvalue weighted by Crippen LogP contribution is -2.06. The maximum atomic E-state index is 11.2. The summed E-state index contributed by atoms with van der Waals surface area (Å²) in [5.74, 6) is -0.571. The zero-order chi connectivity index (χ0) is 14.6. The van der Waals surface area contributed by atoms with Crippen molar-refractivity contribution < 1.29 is 23.0 Å². The zero-order valence-corrected chi connectivity index (χ0v) is 11.2. The summed E-state index contributed by atoms with van der Waals surface area (Å²) in [7, 11) is -4.61. The number of rotatable bonds is 6. The fraction of sp³-hybridized carbons (Fsp3) is 0.455. The highest BCUT2D eigenvalue weighted by Crippen LogP contribution is 2.32. The van der Waals surface area contributed by atoms with Crippen LogP contribution in [-0.4, -0.2) is 23.0 Å². The molecule has 19 heavy (non-hydrogen) atoms. The van der Waals surface area contributed by atoms with Crippen LogP contribution in [0.25, 0.3) is 0 Å². The van der Waals surface area contributed by atoms with Crippen LogP contribution in [0.4, 0.5) is 5.69 Å². The van der Waals surface area contributed by atoms with Gasteiger partial charge >= 0.3 is 0 Å². The third-order valence-electron chi connectivity index (χ3n) is 2.68. The SMILES string of the molecule is CCCCCc1c([N+](=O)[O-])cc(O)cc1S(=O)(=O)O. The molecule has 1 rings (SSSR count). The lowest BCUT2D eigenvalue weighted by molar-refractivity contribution is -0.385. The van der Waals surface area contributed by atoms with Gasteiger partial charge in [0.2, 0.25) is 0 Å². The first-order valence-corrected chi connectivity index (χ1v) is 7.19. The van der Waals surface area contributed by atoms with E-state index >= 15 is 0 Å². The zero-order valence-electron chi connectivity index (χ0n) is 10.4. The molecule has 0 atom stereocenters. The minimum atomic E-state index is -4.61. The number of phenolic OH excluding ortho intramolecular Hbond substituents is 1. The van der Waals surface area contributed by atoms with Crippen molar-refractivity contribution in [1.82, 2.24) is 0 Å². The number of phenols is 1. The molecule has 0 aromatic heterocycles. The molecule has 0 spiro atoms. The topological polar surface area (TPSA) is 118 Å². The lowest BCUT2D eigenvalue weighted by atomic mass is 10.0. The maximum absolute atomic E-state index is 11.2. The second kappa shape index (κ2) is 5.98. The van der Waals surface area contributed by atoms with Crippen molar-refractivity contribution in [1.29, 1.82) is 0 Å². The first-order chi connectivity index (χ1) is 8.77. The van der Waals surface area contributed by atoms with Gasteiger partial charge in [0.05, 0.1) is 16.6 Å². The molecule has 0 heterocycles.